The molecule has 0 fully saturated rings. The Bertz CT molecular complexity index is 1440. The Morgan fingerprint density at radius 1 is 1.06 bits per heavy atom. The number of hydrogen-bond acceptors (Lipinski definition) is 5. The van der Waals surface area contributed by atoms with E-state index >= 15 is 0 Å². The van der Waals surface area contributed by atoms with Crippen molar-refractivity contribution in [1.82, 2.24) is 20.5 Å². The van der Waals surface area contributed by atoms with Crippen LogP contribution in [-0.4, -0.2) is 48.1 Å². The molecule has 0 spiro atoms. The number of aromatic nitrogens is 3. The number of nitrogens with zero attached hydrogens (tertiary/aromatic N) is 2. The molecule has 2 aromatic carbocycles. The molecule has 1 amide bonds. The summed E-state index contributed by atoms with van der Waals surface area (Å²) in [5, 5.41) is 12.2. The highest BCUT2D eigenvalue weighted by atomic mass is 32.2. The average Bonchev–Trinajstić information content (AvgIpc) is 3.26. The minimum atomic E-state index is -3.11. The smallest absolute Gasteiger partial charge is 0.251 e. The Morgan fingerprint density at radius 2 is 1.81 bits per heavy atom. The van der Waals surface area contributed by atoms with E-state index in [1.807, 2.05) is 30.5 Å². The van der Waals surface area contributed by atoms with E-state index in [0.717, 1.165) is 59.6 Å². The Hall–Kier alpha value is -3.26. The van der Waals surface area contributed by atoms with Gasteiger partial charge in [0.2, 0.25) is 0 Å². The van der Waals surface area contributed by atoms with Crippen molar-refractivity contribution in [1.29, 1.82) is 0 Å². The molecule has 7 nitrogen and oxygen atoms in total. The van der Waals surface area contributed by atoms with Crippen molar-refractivity contribution >= 4 is 37.6 Å². The molecule has 0 unspecified atom stereocenters. The Balaban J connectivity index is 1.51. The fraction of sp³-hybridized carbons (Fsp3) is 0.292. The number of amides is 1. The van der Waals surface area contributed by atoms with E-state index in [4.69, 9.17) is 4.98 Å². The molecule has 2 heterocycles. The largest absolute Gasteiger partial charge is 0.351 e. The predicted octanol–water partition coefficient (Wildman–Crippen LogP) is 3.43. The summed E-state index contributed by atoms with van der Waals surface area (Å²) in [7, 11) is -3.11. The van der Waals surface area contributed by atoms with Crippen LogP contribution >= 0.6 is 0 Å². The van der Waals surface area contributed by atoms with Crippen LogP contribution < -0.4 is 5.32 Å². The number of sulfone groups is 1. The third kappa shape index (κ3) is 3.86. The molecular formula is C24H24N4O3S. The molecule has 1 aliphatic carbocycles. The average molecular weight is 449 g/mol. The Kier molecular flexibility index (Phi) is 5.17. The summed E-state index contributed by atoms with van der Waals surface area (Å²) >= 11 is 0. The van der Waals surface area contributed by atoms with Crippen molar-refractivity contribution in [2.75, 3.05) is 18.6 Å². The zero-order chi connectivity index (χ0) is 22.3. The van der Waals surface area contributed by atoms with Gasteiger partial charge in [-0.1, -0.05) is 12.1 Å². The Labute approximate surface area is 186 Å². The van der Waals surface area contributed by atoms with Crippen LogP contribution in [0.15, 0.2) is 42.6 Å². The maximum absolute atomic E-state index is 12.4. The molecule has 5 rings (SSSR count). The molecule has 0 saturated carbocycles. The molecule has 0 saturated heterocycles. The van der Waals surface area contributed by atoms with Gasteiger partial charge in [0.1, 0.15) is 9.84 Å². The van der Waals surface area contributed by atoms with Crippen molar-refractivity contribution in [3.8, 4) is 11.3 Å². The third-order valence-electron chi connectivity index (χ3n) is 6.07. The number of carbonyl (C=O) groups is 1. The number of hydrogen-bond donors (Lipinski definition) is 2. The van der Waals surface area contributed by atoms with Gasteiger partial charge in [-0.05, 0) is 61.1 Å². The van der Waals surface area contributed by atoms with E-state index in [0.29, 0.717) is 5.56 Å². The van der Waals surface area contributed by atoms with Gasteiger partial charge in [-0.2, -0.15) is 5.10 Å². The van der Waals surface area contributed by atoms with Crippen LogP contribution in [0.25, 0.3) is 33.1 Å². The number of nitrogens with one attached hydrogen (secondary N) is 2. The first-order valence-electron chi connectivity index (χ1n) is 10.7. The maximum atomic E-state index is 12.4. The molecule has 1 aliphatic rings. The number of H-pyrrole nitrogens is 1. The summed E-state index contributed by atoms with van der Waals surface area (Å²) in [5.74, 6) is -0.357. The summed E-state index contributed by atoms with van der Waals surface area (Å²) in [4.78, 5) is 17.4. The number of rotatable bonds is 5. The fourth-order valence-electron chi connectivity index (χ4n) is 4.52. The van der Waals surface area contributed by atoms with Crippen LogP contribution in [0.1, 0.15) is 34.3 Å². The number of aryl methyl sites for hydroxylation is 1. The highest BCUT2D eigenvalue weighted by Crippen LogP contribution is 2.37. The van der Waals surface area contributed by atoms with Crippen molar-refractivity contribution in [3.05, 3.63) is 59.3 Å². The molecule has 2 N–H and O–H groups in total. The van der Waals surface area contributed by atoms with Crippen LogP contribution in [0.5, 0.6) is 0 Å². The lowest BCUT2D eigenvalue weighted by Crippen LogP contribution is -2.28. The molecule has 32 heavy (non-hydrogen) atoms. The quantitative estimate of drug-likeness (QED) is 0.487. The zero-order valence-electron chi connectivity index (χ0n) is 17.8. The number of fused-ring (bicyclic) bond motifs is 5. The zero-order valence-corrected chi connectivity index (χ0v) is 18.6. The Morgan fingerprint density at radius 3 is 2.56 bits per heavy atom. The van der Waals surface area contributed by atoms with E-state index in [-0.39, 0.29) is 18.2 Å². The summed E-state index contributed by atoms with van der Waals surface area (Å²) < 4.78 is 22.5. The van der Waals surface area contributed by atoms with Crippen molar-refractivity contribution < 1.29 is 13.2 Å². The van der Waals surface area contributed by atoms with Crippen molar-refractivity contribution in [3.63, 3.8) is 0 Å². The molecule has 0 atom stereocenters. The van der Waals surface area contributed by atoms with E-state index in [1.54, 1.807) is 12.1 Å². The molecule has 0 radical (unpaired) electrons. The lowest BCUT2D eigenvalue weighted by molar-refractivity contribution is 0.0956. The molecule has 0 aliphatic heterocycles. The molecule has 8 heteroatoms. The highest BCUT2D eigenvalue weighted by molar-refractivity contribution is 7.90. The summed E-state index contributed by atoms with van der Waals surface area (Å²) in [6.45, 7) is 0.0988. The van der Waals surface area contributed by atoms with E-state index in [1.165, 1.54) is 16.5 Å². The number of benzene rings is 2. The lowest BCUT2D eigenvalue weighted by Gasteiger charge is -2.22. The van der Waals surface area contributed by atoms with Crippen LogP contribution in [0.4, 0.5) is 0 Å². The second-order valence-electron chi connectivity index (χ2n) is 8.38. The van der Waals surface area contributed by atoms with Gasteiger partial charge in [-0.25, -0.2) is 13.4 Å². The van der Waals surface area contributed by atoms with Gasteiger partial charge < -0.3 is 5.32 Å². The second-order valence-corrected chi connectivity index (χ2v) is 10.6. The predicted molar refractivity (Wildman–Crippen MR) is 126 cm³/mol. The first-order chi connectivity index (χ1) is 15.4. The third-order valence-corrected chi connectivity index (χ3v) is 7.01. The normalized spacial score (nSPS) is 13.9. The number of pyridine rings is 1. The maximum Gasteiger partial charge on any atom is 0.251 e. The van der Waals surface area contributed by atoms with E-state index in [2.05, 4.69) is 15.5 Å². The monoisotopic (exact) mass is 448 g/mol. The molecular weight excluding hydrogens is 424 g/mol. The first kappa shape index (κ1) is 20.6. The van der Waals surface area contributed by atoms with Gasteiger partial charge in [-0.15, -0.1) is 0 Å². The highest BCUT2D eigenvalue weighted by Gasteiger charge is 2.21. The minimum Gasteiger partial charge on any atom is -0.351 e. The van der Waals surface area contributed by atoms with E-state index < -0.39 is 9.84 Å². The topological polar surface area (TPSA) is 105 Å². The van der Waals surface area contributed by atoms with Gasteiger partial charge in [0.05, 0.1) is 28.7 Å². The lowest BCUT2D eigenvalue weighted by atomic mass is 9.85. The second kappa shape index (κ2) is 8.02. The minimum absolute atomic E-state index is 0.0755. The fourth-order valence-corrected chi connectivity index (χ4v) is 4.99. The van der Waals surface area contributed by atoms with Crippen LogP contribution in [-0.2, 0) is 22.7 Å². The SMILES string of the molecule is CS(=O)(=O)CCNC(=O)c1ccc(-c2nc3ccc4[nH]ncc4c3c3c2CCCC3)cc1. The summed E-state index contributed by atoms with van der Waals surface area (Å²) in [5.41, 5.74) is 7.05. The molecule has 164 valence electrons. The number of aromatic amines is 1. The van der Waals surface area contributed by atoms with Crippen LogP contribution in [0, 0.1) is 0 Å². The van der Waals surface area contributed by atoms with Crippen molar-refractivity contribution in [2.24, 2.45) is 0 Å². The van der Waals surface area contributed by atoms with E-state index in [9.17, 15) is 13.2 Å². The summed E-state index contributed by atoms with van der Waals surface area (Å²) in [6, 6.07) is 11.4. The van der Waals surface area contributed by atoms with Crippen LogP contribution in [0.3, 0.4) is 0 Å². The molecule has 0 bridgehead atoms. The van der Waals surface area contributed by atoms with Gasteiger partial charge in [-0.3, -0.25) is 9.89 Å². The summed E-state index contributed by atoms with van der Waals surface area (Å²) in [6.07, 6.45) is 7.33. The molecule has 2 aromatic heterocycles. The van der Waals surface area contributed by atoms with Crippen LogP contribution in [0.2, 0.25) is 0 Å². The van der Waals surface area contributed by atoms with Crippen molar-refractivity contribution in [2.45, 2.75) is 25.7 Å². The van der Waals surface area contributed by atoms with Gasteiger partial charge in [0, 0.05) is 34.7 Å². The standard InChI is InChI=1S/C24H24N4O3S/c1-32(30,31)13-12-25-24(29)16-8-6-15(7-9-16)23-18-5-3-2-4-17(18)22-19-14-26-28-20(19)10-11-21(22)27-23/h6-11,14H,2-5,12-13H2,1H3,(H,25,29)(H,26,28). The van der Waals surface area contributed by atoms with Gasteiger partial charge in [0.25, 0.3) is 5.91 Å². The number of carbonyl (C=O) groups excluding carboxylic acids is 1. The first-order valence-corrected chi connectivity index (χ1v) is 12.8. The molecule has 4 aromatic rings. The van der Waals surface area contributed by atoms with Gasteiger partial charge in [0.15, 0.2) is 0 Å². The van der Waals surface area contributed by atoms with Gasteiger partial charge >= 0.3 is 0 Å².